The molecule has 0 aliphatic carbocycles. The predicted molar refractivity (Wildman–Crippen MR) is 146 cm³/mol. The van der Waals surface area contributed by atoms with Crippen molar-refractivity contribution in [2.75, 3.05) is 31.8 Å². The molecule has 1 saturated heterocycles. The molecule has 1 fully saturated rings. The van der Waals surface area contributed by atoms with Gasteiger partial charge in [0.2, 0.25) is 0 Å². The molecule has 3 aromatic carbocycles. The molecule has 1 amide bonds. The van der Waals surface area contributed by atoms with E-state index in [9.17, 15) is 14.7 Å². The lowest BCUT2D eigenvalue weighted by Crippen LogP contribution is -2.29. The predicted octanol–water partition coefficient (Wildman–Crippen LogP) is 5.10. The summed E-state index contributed by atoms with van der Waals surface area (Å²) in [6.07, 6.45) is 0. The van der Waals surface area contributed by atoms with E-state index in [4.69, 9.17) is 18.9 Å². The van der Waals surface area contributed by atoms with Crippen molar-refractivity contribution in [3.8, 4) is 23.0 Å². The van der Waals surface area contributed by atoms with Crippen molar-refractivity contribution < 1.29 is 33.6 Å². The molecular formula is C29H24N2O7S. The zero-order chi connectivity index (χ0) is 27.1. The van der Waals surface area contributed by atoms with Crippen molar-refractivity contribution in [1.29, 1.82) is 0 Å². The van der Waals surface area contributed by atoms with Gasteiger partial charge in [-0.1, -0.05) is 23.5 Å². The van der Waals surface area contributed by atoms with Crippen LogP contribution < -0.4 is 23.8 Å². The molecular weight excluding hydrogens is 520 g/mol. The van der Waals surface area contributed by atoms with Crippen LogP contribution in [0.3, 0.4) is 0 Å². The van der Waals surface area contributed by atoms with Crippen molar-refractivity contribution >= 4 is 44.1 Å². The Morgan fingerprint density at radius 2 is 1.87 bits per heavy atom. The van der Waals surface area contributed by atoms with E-state index in [1.54, 1.807) is 42.5 Å². The molecule has 2 aliphatic heterocycles. The Balaban J connectivity index is 1.52. The Hall–Kier alpha value is -4.57. The number of amides is 1. The van der Waals surface area contributed by atoms with Gasteiger partial charge in [0.1, 0.15) is 30.5 Å². The molecule has 10 heteroatoms. The van der Waals surface area contributed by atoms with Crippen LogP contribution in [-0.4, -0.2) is 48.7 Å². The Morgan fingerprint density at radius 1 is 1.05 bits per heavy atom. The number of aromatic nitrogens is 1. The fourth-order valence-electron chi connectivity index (χ4n) is 4.76. The summed E-state index contributed by atoms with van der Waals surface area (Å²) in [5.74, 6) is 0.307. The van der Waals surface area contributed by atoms with Crippen LogP contribution in [0.4, 0.5) is 5.13 Å². The van der Waals surface area contributed by atoms with Crippen LogP contribution in [0.2, 0.25) is 0 Å². The van der Waals surface area contributed by atoms with Crippen molar-refractivity contribution in [2.45, 2.75) is 13.0 Å². The second-order valence-corrected chi connectivity index (χ2v) is 9.87. The molecule has 39 heavy (non-hydrogen) atoms. The summed E-state index contributed by atoms with van der Waals surface area (Å²) < 4.78 is 23.1. The summed E-state index contributed by atoms with van der Waals surface area (Å²) in [6.45, 7) is 3.21. The van der Waals surface area contributed by atoms with Crippen LogP contribution in [0.25, 0.3) is 16.0 Å². The van der Waals surface area contributed by atoms with Gasteiger partial charge >= 0.3 is 5.91 Å². The molecule has 1 atom stereocenters. The standard InChI is InChI=1S/C29H24N2O7S/c1-3-36-19-8-9-20-23(15-19)39-29(30-20)31-25(16-5-4-6-18(13-16)35-2)24(27(33)28(31)34)26(32)17-7-10-21-22(14-17)38-12-11-37-21/h4-10,13-15,25,32H,3,11-12H2,1-2H3. The minimum atomic E-state index is -0.944. The highest BCUT2D eigenvalue weighted by molar-refractivity contribution is 7.22. The van der Waals surface area contributed by atoms with E-state index in [0.29, 0.717) is 64.6 Å². The summed E-state index contributed by atoms with van der Waals surface area (Å²) >= 11 is 1.27. The molecule has 2 aliphatic rings. The monoisotopic (exact) mass is 544 g/mol. The highest BCUT2D eigenvalue weighted by Crippen LogP contribution is 2.45. The molecule has 1 unspecified atom stereocenters. The number of hydrogen-bond donors (Lipinski definition) is 1. The van der Waals surface area contributed by atoms with E-state index in [-0.39, 0.29) is 11.3 Å². The molecule has 6 rings (SSSR count). The molecule has 1 aromatic heterocycles. The number of carbonyl (C=O) groups excluding carboxylic acids is 2. The zero-order valence-electron chi connectivity index (χ0n) is 21.2. The van der Waals surface area contributed by atoms with E-state index in [1.165, 1.54) is 23.3 Å². The molecule has 0 radical (unpaired) electrons. The quantitative estimate of drug-likeness (QED) is 0.203. The van der Waals surface area contributed by atoms with Crippen LogP contribution >= 0.6 is 11.3 Å². The molecule has 0 spiro atoms. The first-order chi connectivity index (χ1) is 19.0. The van der Waals surface area contributed by atoms with Crippen molar-refractivity contribution in [3.63, 3.8) is 0 Å². The number of benzene rings is 3. The molecule has 198 valence electrons. The van der Waals surface area contributed by atoms with E-state index in [1.807, 2.05) is 25.1 Å². The highest BCUT2D eigenvalue weighted by atomic mass is 32.1. The SMILES string of the molecule is CCOc1ccc2nc(N3C(=O)C(=O)C(=C(O)c4ccc5c(c4)OCCO5)C3c3cccc(OC)c3)sc2c1. The van der Waals surface area contributed by atoms with Gasteiger partial charge in [0, 0.05) is 5.56 Å². The maximum Gasteiger partial charge on any atom is 0.301 e. The zero-order valence-corrected chi connectivity index (χ0v) is 22.0. The number of ketones is 1. The summed E-state index contributed by atoms with van der Waals surface area (Å²) in [4.78, 5) is 33.1. The minimum Gasteiger partial charge on any atom is -0.507 e. The second-order valence-electron chi connectivity index (χ2n) is 8.86. The lowest BCUT2D eigenvalue weighted by atomic mass is 9.95. The first kappa shape index (κ1) is 24.7. The van der Waals surface area contributed by atoms with Gasteiger partial charge in [-0.15, -0.1) is 0 Å². The topological polar surface area (TPSA) is 107 Å². The van der Waals surface area contributed by atoms with Crippen LogP contribution in [-0.2, 0) is 9.59 Å². The third-order valence-corrected chi connectivity index (χ3v) is 7.55. The number of aliphatic hydroxyl groups excluding tert-OH is 1. The van der Waals surface area contributed by atoms with Crippen molar-refractivity contribution in [1.82, 2.24) is 4.98 Å². The number of ether oxygens (including phenoxy) is 4. The molecule has 0 saturated carbocycles. The smallest absolute Gasteiger partial charge is 0.301 e. The largest absolute Gasteiger partial charge is 0.507 e. The summed E-state index contributed by atoms with van der Waals surface area (Å²) in [5.41, 5.74) is 1.52. The lowest BCUT2D eigenvalue weighted by molar-refractivity contribution is -0.132. The average molecular weight is 545 g/mol. The van der Waals surface area contributed by atoms with Gasteiger partial charge < -0.3 is 24.1 Å². The number of methoxy groups -OCH3 is 1. The van der Waals surface area contributed by atoms with Gasteiger partial charge in [0.15, 0.2) is 16.6 Å². The molecule has 0 bridgehead atoms. The third kappa shape index (κ3) is 4.32. The number of thiazole rings is 1. The minimum absolute atomic E-state index is 0.0563. The number of anilines is 1. The van der Waals surface area contributed by atoms with E-state index >= 15 is 0 Å². The Bertz CT molecular complexity index is 1640. The first-order valence-electron chi connectivity index (χ1n) is 12.4. The number of hydrogen-bond acceptors (Lipinski definition) is 9. The number of fused-ring (bicyclic) bond motifs is 2. The van der Waals surface area contributed by atoms with Crippen molar-refractivity contribution in [3.05, 3.63) is 77.4 Å². The maximum atomic E-state index is 13.6. The normalized spacial score (nSPS) is 18.0. The Labute approximate surface area is 227 Å². The van der Waals surface area contributed by atoms with Gasteiger partial charge in [0.25, 0.3) is 5.78 Å². The van der Waals surface area contributed by atoms with E-state index < -0.39 is 17.7 Å². The maximum absolute atomic E-state index is 13.6. The average Bonchev–Trinajstić information content (AvgIpc) is 3.50. The molecule has 9 nitrogen and oxygen atoms in total. The van der Waals surface area contributed by atoms with Gasteiger partial charge in [0.05, 0.1) is 35.5 Å². The van der Waals surface area contributed by atoms with Crippen molar-refractivity contribution in [2.24, 2.45) is 0 Å². The van der Waals surface area contributed by atoms with E-state index in [0.717, 1.165) is 4.70 Å². The Kier molecular flexibility index (Phi) is 6.32. The number of nitrogens with zero attached hydrogens (tertiary/aromatic N) is 2. The van der Waals surface area contributed by atoms with Gasteiger partial charge in [-0.05, 0) is 61.0 Å². The lowest BCUT2D eigenvalue weighted by Gasteiger charge is -2.23. The molecule has 4 aromatic rings. The summed E-state index contributed by atoms with van der Waals surface area (Å²) in [7, 11) is 1.54. The highest BCUT2D eigenvalue weighted by Gasteiger charge is 2.48. The summed E-state index contributed by atoms with van der Waals surface area (Å²) in [5, 5.41) is 11.8. The van der Waals surface area contributed by atoms with Crippen LogP contribution in [0.5, 0.6) is 23.0 Å². The number of Topliss-reactive ketones (excluding diaryl/α,β-unsaturated/α-hetero) is 1. The first-order valence-corrected chi connectivity index (χ1v) is 13.2. The summed E-state index contributed by atoms with van der Waals surface area (Å²) in [6, 6.07) is 16.5. The third-order valence-electron chi connectivity index (χ3n) is 6.54. The second kappa shape index (κ2) is 9.95. The fraction of sp³-hybridized carbons (Fsp3) is 0.207. The van der Waals surface area contributed by atoms with Gasteiger partial charge in [-0.2, -0.15) is 0 Å². The van der Waals surface area contributed by atoms with Gasteiger partial charge in [-0.25, -0.2) is 4.98 Å². The number of rotatable bonds is 6. The number of carbonyl (C=O) groups is 2. The van der Waals surface area contributed by atoms with E-state index in [2.05, 4.69) is 4.98 Å². The van der Waals surface area contributed by atoms with Crippen LogP contribution in [0.15, 0.2) is 66.2 Å². The fourth-order valence-corrected chi connectivity index (χ4v) is 5.78. The van der Waals surface area contributed by atoms with Crippen LogP contribution in [0.1, 0.15) is 24.1 Å². The number of aliphatic hydroxyl groups is 1. The van der Waals surface area contributed by atoms with Crippen LogP contribution in [0, 0.1) is 0 Å². The Morgan fingerprint density at radius 3 is 2.67 bits per heavy atom. The van der Waals surface area contributed by atoms with Gasteiger partial charge in [-0.3, -0.25) is 14.5 Å². The molecule has 3 heterocycles. The molecule has 1 N–H and O–H groups in total.